The van der Waals surface area contributed by atoms with Crippen molar-refractivity contribution < 1.29 is 9.21 Å². The number of carbonyl (C=O) groups excluding carboxylic acids is 1. The Kier molecular flexibility index (Phi) is 4.21. The molecule has 1 amide bonds. The quantitative estimate of drug-likeness (QED) is 0.774. The average molecular weight is 307 g/mol. The van der Waals surface area contributed by atoms with Crippen molar-refractivity contribution in [2.75, 3.05) is 5.32 Å². The van der Waals surface area contributed by atoms with Crippen LogP contribution in [0.4, 0.5) is 5.82 Å². The zero-order valence-electron chi connectivity index (χ0n) is 12.7. The first-order valence-corrected chi connectivity index (χ1v) is 7.29. The molecule has 0 fully saturated rings. The van der Waals surface area contributed by atoms with Gasteiger partial charge in [0.05, 0.1) is 12.1 Å². The molecule has 0 atom stereocenters. The highest BCUT2D eigenvalue weighted by Gasteiger charge is 2.11. The van der Waals surface area contributed by atoms with Crippen molar-refractivity contribution in [1.82, 2.24) is 4.98 Å². The fraction of sp³-hybridized carbons (Fsp3) is 0.111. The molecule has 5 heteroatoms. The summed E-state index contributed by atoms with van der Waals surface area (Å²) >= 11 is 0. The smallest absolute Gasteiger partial charge is 0.260 e. The molecule has 0 spiro atoms. The molecule has 0 aliphatic carbocycles. The van der Waals surface area contributed by atoms with Gasteiger partial charge in [0.2, 0.25) is 0 Å². The number of hydrogen-bond donors (Lipinski definition) is 2. The van der Waals surface area contributed by atoms with Gasteiger partial charge in [-0.1, -0.05) is 30.3 Å². The van der Waals surface area contributed by atoms with Gasteiger partial charge in [-0.05, 0) is 30.7 Å². The van der Waals surface area contributed by atoms with Crippen LogP contribution in [-0.2, 0) is 6.54 Å². The number of nitrogens with two attached hydrogens (primary N) is 1. The molecule has 23 heavy (non-hydrogen) atoms. The van der Waals surface area contributed by atoms with Crippen LogP contribution in [0.2, 0.25) is 0 Å². The van der Waals surface area contributed by atoms with E-state index in [9.17, 15) is 4.79 Å². The van der Waals surface area contributed by atoms with E-state index in [4.69, 9.17) is 10.2 Å². The number of rotatable bonds is 4. The van der Waals surface area contributed by atoms with E-state index in [0.29, 0.717) is 17.1 Å². The molecule has 0 unspecified atom stereocenters. The van der Waals surface area contributed by atoms with Crippen molar-refractivity contribution in [3.8, 4) is 11.1 Å². The number of carbonyl (C=O) groups is 1. The van der Waals surface area contributed by atoms with Crippen LogP contribution >= 0.6 is 0 Å². The normalized spacial score (nSPS) is 10.5. The Morgan fingerprint density at radius 1 is 1.22 bits per heavy atom. The first-order chi connectivity index (χ1) is 11.2. The summed E-state index contributed by atoms with van der Waals surface area (Å²) in [4.78, 5) is 16.6. The summed E-state index contributed by atoms with van der Waals surface area (Å²) in [7, 11) is 0. The van der Waals surface area contributed by atoms with E-state index in [2.05, 4.69) is 10.3 Å². The van der Waals surface area contributed by atoms with E-state index >= 15 is 0 Å². The van der Waals surface area contributed by atoms with Crippen molar-refractivity contribution >= 4 is 11.7 Å². The molecule has 1 aromatic carbocycles. The predicted octanol–water partition coefficient (Wildman–Crippen LogP) is 3.36. The molecule has 3 aromatic rings. The van der Waals surface area contributed by atoms with E-state index in [0.717, 1.165) is 16.8 Å². The molecular formula is C18H17N3O2. The lowest BCUT2D eigenvalue weighted by Crippen LogP contribution is -2.12. The van der Waals surface area contributed by atoms with Gasteiger partial charge in [0.1, 0.15) is 17.8 Å². The molecule has 0 saturated carbocycles. The summed E-state index contributed by atoms with van der Waals surface area (Å²) in [6.07, 6.45) is 1.39. The number of hydrogen-bond acceptors (Lipinski definition) is 4. The third-order valence-corrected chi connectivity index (χ3v) is 3.53. The average Bonchev–Trinajstić information content (AvgIpc) is 3.05. The van der Waals surface area contributed by atoms with Gasteiger partial charge < -0.3 is 15.5 Å². The minimum absolute atomic E-state index is 0.260. The number of nitrogens with zero attached hydrogens (tertiary/aromatic N) is 1. The summed E-state index contributed by atoms with van der Waals surface area (Å²) in [6, 6.07) is 15.4. The third kappa shape index (κ3) is 3.30. The molecule has 5 nitrogen and oxygen atoms in total. The zero-order valence-corrected chi connectivity index (χ0v) is 12.7. The molecule has 0 aliphatic rings. The molecule has 2 aromatic heterocycles. The minimum atomic E-state index is -0.271. The predicted molar refractivity (Wildman–Crippen MR) is 89.0 cm³/mol. The lowest BCUT2D eigenvalue weighted by Gasteiger charge is -2.08. The highest BCUT2D eigenvalue weighted by molar-refractivity contribution is 6.03. The Labute approximate surface area is 134 Å². The fourth-order valence-electron chi connectivity index (χ4n) is 2.35. The second-order valence-electron chi connectivity index (χ2n) is 5.16. The maximum Gasteiger partial charge on any atom is 0.260 e. The van der Waals surface area contributed by atoms with Crippen molar-refractivity contribution in [1.29, 1.82) is 0 Å². The van der Waals surface area contributed by atoms with Crippen molar-refractivity contribution in [2.24, 2.45) is 5.73 Å². The monoisotopic (exact) mass is 307 g/mol. The summed E-state index contributed by atoms with van der Waals surface area (Å²) in [5.74, 6) is 0.800. The largest absolute Gasteiger partial charge is 0.467 e. The Hall–Kier alpha value is -2.92. The van der Waals surface area contributed by atoms with E-state index in [1.807, 2.05) is 43.3 Å². The number of aryl methyl sites for hydroxylation is 1. The molecule has 0 saturated heterocycles. The molecule has 0 bridgehead atoms. The number of anilines is 1. The highest BCUT2D eigenvalue weighted by Crippen LogP contribution is 2.23. The van der Waals surface area contributed by atoms with Crippen molar-refractivity contribution in [3.63, 3.8) is 0 Å². The van der Waals surface area contributed by atoms with Gasteiger partial charge >= 0.3 is 0 Å². The lowest BCUT2D eigenvalue weighted by atomic mass is 10.0. The number of nitrogens with one attached hydrogen (secondary N) is 1. The summed E-state index contributed by atoms with van der Waals surface area (Å²) in [5, 5.41) is 2.76. The van der Waals surface area contributed by atoms with Crippen LogP contribution in [0.25, 0.3) is 11.1 Å². The van der Waals surface area contributed by atoms with Gasteiger partial charge in [-0.15, -0.1) is 0 Å². The van der Waals surface area contributed by atoms with Gasteiger partial charge in [-0.25, -0.2) is 4.98 Å². The molecule has 0 aliphatic heterocycles. The molecule has 3 N–H and O–H groups in total. The molecular weight excluding hydrogens is 290 g/mol. The van der Waals surface area contributed by atoms with Gasteiger partial charge in [0, 0.05) is 11.3 Å². The number of pyridine rings is 1. The number of furan rings is 1. The van der Waals surface area contributed by atoms with E-state index < -0.39 is 0 Å². The number of aromatic nitrogens is 1. The second kappa shape index (κ2) is 6.46. The van der Waals surface area contributed by atoms with Crippen molar-refractivity contribution in [2.45, 2.75) is 13.5 Å². The van der Waals surface area contributed by atoms with Crippen LogP contribution in [0.3, 0.4) is 0 Å². The highest BCUT2D eigenvalue weighted by atomic mass is 16.3. The van der Waals surface area contributed by atoms with Gasteiger partial charge in [-0.2, -0.15) is 0 Å². The van der Waals surface area contributed by atoms with Crippen LogP contribution < -0.4 is 11.1 Å². The third-order valence-electron chi connectivity index (χ3n) is 3.53. The first-order valence-electron chi connectivity index (χ1n) is 7.29. The standard InChI is InChI=1S/C18H17N3O2/c1-12-16(13-5-3-2-4-6-13)7-8-17(20-12)21-18(22)14-9-15(10-19)23-11-14/h2-9,11H,10,19H2,1H3,(H,20,21,22). The summed E-state index contributed by atoms with van der Waals surface area (Å²) < 4.78 is 5.17. The summed E-state index contributed by atoms with van der Waals surface area (Å²) in [5.41, 5.74) is 8.88. The van der Waals surface area contributed by atoms with E-state index in [1.165, 1.54) is 6.26 Å². The fourth-order valence-corrected chi connectivity index (χ4v) is 2.35. The molecule has 0 radical (unpaired) electrons. The van der Waals surface area contributed by atoms with Crippen LogP contribution in [0.1, 0.15) is 21.8 Å². The van der Waals surface area contributed by atoms with E-state index in [1.54, 1.807) is 12.1 Å². The maximum atomic E-state index is 12.2. The molecule has 2 heterocycles. The molecule has 3 rings (SSSR count). The summed E-state index contributed by atoms with van der Waals surface area (Å²) in [6.45, 7) is 2.18. The second-order valence-corrected chi connectivity index (χ2v) is 5.16. The Bertz CT molecular complexity index is 825. The first kappa shape index (κ1) is 15.0. The van der Waals surface area contributed by atoms with Gasteiger partial charge in [-0.3, -0.25) is 4.79 Å². The molecule has 116 valence electrons. The number of amides is 1. The topological polar surface area (TPSA) is 81.2 Å². The Morgan fingerprint density at radius 3 is 2.65 bits per heavy atom. The van der Waals surface area contributed by atoms with Crippen LogP contribution in [0.5, 0.6) is 0 Å². The van der Waals surface area contributed by atoms with Crippen LogP contribution in [0, 0.1) is 6.92 Å². The SMILES string of the molecule is Cc1nc(NC(=O)c2coc(CN)c2)ccc1-c1ccccc1. The van der Waals surface area contributed by atoms with Gasteiger partial charge in [0.25, 0.3) is 5.91 Å². The van der Waals surface area contributed by atoms with Gasteiger partial charge in [0.15, 0.2) is 0 Å². The zero-order chi connectivity index (χ0) is 16.2. The minimum Gasteiger partial charge on any atom is -0.467 e. The van der Waals surface area contributed by atoms with E-state index in [-0.39, 0.29) is 12.5 Å². The Morgan fingerprint density at radius 2 is 2.00 bits per heavy atom. The lowest BCUT2D eigenvalue weighted by molar-refractivity contribution is 0.102. The van der Waals surface area contributed by atoms with Crippen molar-refractivity contribution in [3.05, 3.63) is 71.8 Å². The maximum absolute atomic E-state index is 12.2. The van der Waals surface area contributed by atoms with Crippen LogP contribution in [-0.4, -0.2) is 10.9 Å². The number of benzene rings is 1. The van der Waals surface area contributed by atoms with Crippen LogP contribution in [0.15, 0.2) is 59.2 Å². The Balaban J connectivity index is 1.79.